The van der Waals surface area contributed by atoms with Crippen LogP contribution in [0.3, 0.4) is 0 Å². The highest BCUT2D eigenvalue weighted by atomic mass is 32.1. The Morgan fingerprint density at radius 2 is 0.811 bits per heavy atom. The normalized spacial score (nSPS) is 11.7. The lowest BCUT2D eigenvalue weighted by Crippen LogP contribution is -2.31. The summed E-state index contributed by atoms with van der Waals surface area (Å²) >= 11 is 1.22. The summed E-state index contributed by atoms with van der Waals surface area (Å²) in [5, 5.41) is 12.1. The van der Waals surface area contributed by atoms with Crippen LogP contribution in [0, 0.1) is 0 Å². The van der Waals surface area contributed by atoms with Crippen LogP contribution in [-0.4, -0.2) is 23.9 Å². The Hall–Kier alpha value is -6.36. The van der Waals surface area contributed by atoms with E-state index in [9.17, 15) is 9.59 Å². The van der Waals surface area contributed by atoms with Crippen molar-refractivity contribution < 1.29 is 9.59 Å². The Balaban J connectivity index is 1.25. The molecule has 7 aromatic rings. The fourth-order valence-corrected chi connectivity index (χ4v) is 7.78. The van der Waals surface area contributed by atoms with Crippen LogP contribution in [0.4, 0.5) is 0 Å². The number of carbonyl (C=O) groups excluding carboxylic acids is 2. The summed E-state index contributed by atoms with van der Waals surface area (Å²) in [5.41, 5.74) is 9.68. The third-order valence-corrected chi connectivity index (χ3v) is 10.1. The number of nitrogens with one attached hydrogen (secondary N) is 2. The van der Waals surface area contributed by atoms with Crippen molar-refractivity contribution in [3.63, 3.8) is 0 Å². The van der Waals surface area contributed by atoms with Gasteiger partial charge < -0.3 is 10.6 Å². The average molecular weight is 711 g/mol. The molecule has 258 valence electrons. The van der Waals surface area contributed by atoms with E-state index in [0.29, 0.717) is 11.1 Å². The Kier molecular flexibility index (Phi) is 8.91. The Labute approximate surface area is 311 Å². The molecule has 0 saturated carbocycles. The molecule has 53 heavy (non-hydrogen) atoms. The molecule has 7 aromatic carbocycles. The van der Waals surface area contributed by atoms with Gasteiger partial charge in [0.05, 0.1) is 19.2 Å². The highest BCUT2D eigenvalue weighted by Gasteiger charge is 2.28. The van der Waals surface area contributed by atoms with E-state index in [1.807, 2.05) is 76.2 Å². The van der Waals surface area contributed by atoms with E-state index in [2.05, 4.69) is 95.6 Å². The number of fused-ring (bicyclic) bond motifs is 3. The number of hydrogen-bond donors (Lipinski definition) is 2. The fraction of sp³-hybridized carbons (Fsp3) is 0.130. The summed E-state index contributed by atoms with van der Waals surface area (Å²) in [7, 11) is 0. The third kappa shape index (κ3) is 6.39. The summed E-state index contributed by atoms with van der Waals surface area (Å²) in [6, 6.07) is 45.6. The quantitative estimate of drug-likeness (QED) is 0.158. The van der Waals surface area contributed by atoms with Gasteiger partial charge in [-0.2, -0.15) is 0 Å². The zero-order valence-corrected chi connectivity index (χ0v) is 30.8. The zero-order chi connectivity index (χ0) is 36.6. The van der Waals surface area contributed by atoms with Crippen LogP contribution in [0.1, 0.15) is 48.4 Å². The summed E-state index contributed by atoms with van der Waals surface area (Å²) < 4.78 is 9.80. The van der Waals surface area contributed by atoms with Crippen molar-refractivity contribution in [1.82, 2.24) is 18.7 Å². The molecule has 2 N–H and O–H groups in total. The topological polar surface area (TPSA) is 86.4 Å². The Morgan fingerprint density at radius 1 is 0.453 bits per heavy atom. The van der Waals surface area contributed by atoms with Crippen LogP contribution in [0.25, 0.3) is 66.1 Å². The first-order valence-corrected chi connectivity index (χ1v) is 18.6. The van der Waals surface area contributed by atoms with Gasteiger partial charge in [-0.1, -0.05) is 97.1 Å². The molecule has 7 heteroatoms. The largest absolute Gasteiger partial charge is 0.700 e. The first kappa shape index (κ1) is 33.8. The molecular formula is C46H38N4O2S+2. The minimum atomic E-state index is -0.0777. The molecule has 0 fully saturated rings. The van der Waals surface area contributed by atoms with Crippen LogP contribution in [0.2, 0.25) is 0 Å². The standard InChI is InChI=1S/C46H36N4O2S/c1-27(2)47-45(51)33-21-17-29(18-22-33)35-13-5-9-31-11-7-15-37(41(31)35)39-25-26-40(44-43(39)49-53-50-44)38-16-8-12-32-10-6-14-36(42(32)38)30-19-23-34(24-20-30)46(52)48-28(3)4/h5-28H,1-4H3/p+2. The van der Waals surface area contributed by atoms with Gasteiger partial charge in [0, 0.05) is 23.2 Å². The monoisotopic (exact) mass is 710 g/mol. The first-order chi connectivity index (χ1) is 25.8. The predicted molar refractivity (Wildman–Crippen MR) is 217 cm³/mol. The van der Waals surface area contributed by atoms with Gasteiger partial charge in [0.15, 0.2) is 0 Å². The molecule has 0 bridgehead atoms. The van der Waals surface area contributed by atoms with Crippen molar-refractivity contribution in [1.29, 1.82) is 0 Å². The van der Waals surface area contributed by atoms with E-state index in [1.165, 1.54) is 11.4 Å². The lowest BCUT2D eigenvalue weighted by Gasteiger charge is -2.13. The third-order valence-electron chi connectivity index (χ3n) is 9.56. The molecule has 6 nitrogen and oxygen atoms in total. The first-order valence-electron chi connectivity index (χ1n) is 17.9. The average Bonchev–Trinajstić information content (AvgIpc) is 3.67. The molecule has 0 atom stereocenters. The van der Waals surface area contributed by atoms with Gasteiger partial charge >= 0.3 is 22.1 Å². The van der Waals surface area contributed by atoms with E-state index >= 15 is 0 Å². The van der Waals surface area contributed by atoms with Crippen molar-refractivity contribution in [3.05, 3.63) is 155 Å². The number of carbonyl (C=O) groups is 2. The number of rotatable bonds is 8. The maximum atomic E-state index is 12.7. The van der Waals surface area contributed by atoms with E-state index < -0.39 is 0 Å². The van der Waals surface area contributed by atoms with Crippen molar-refractivity contribution in [3.8, 4) is 44.5 Å². The van der Waals surface area contributed by atoms with Gasteiger partial charge in [0.2, 0.25) is 0 Å². The smallest absolute Gasteiger partial charge is 0.350 e. The Bertz CT molecular complexity index is 2620. The van der Waals surface area contributed by atoms with Gasteiger partial charge in [-0.15, -0.1) is 0 Å². The van der Waals surface area contributed by atoms with E-state index in [4.69, 9.17) is 8.08 Å². The molecule has 1 aliphatic heterocycles. The number of amides is 2. The minimum absolute atomic E-state index is 0.0663. The molecule has 0 saturated heterocycles. The van der Waals surface area contributed by atoms with Crippen molar-refractivity contribution >= 4 is 44.7 Å². The molecule has 0 aliphatic carbocycles. The van der Waals surface area contributed by atoms with Gasteiger partial charge in [0.25, 0.3) is 11.8 Å². The summed E-state index contributed by atoms with van der Waals surface area (Å²) in [6.07, 6.45) is 0. The molecule has 0 radical (unpaired) electrons. The van der Waals surface area contributed by atoms with E-state index in [0.717, 1.165) is 76.8 Å². The van der Waals surface area contributed by atoms with Crippen LogP contribution in [0.15, 0.2) is 133 Å². The molecule has 8 rings (SSSR count). The van der Waals surface area contributed by atoms with E-state index in [-0.39, 0.29) is 23.9 Å². The molecule has 1 aliphatic rings. The van der Waals surface area contributed by atoms with Crippen molar-refractivity contribution in [2.24, 2.45) is 0 Å². The van der Waals surface area contributed by atoms with Crippen molar-refractivity contribution in [2.75, 3.05) is 0 Å². The van der Waals surface area contributed by atoms with Crippen LogP contribution in [-0.2, 0) is 11.4 Å². The molecule has 0 aromatic heterocycles. The van der Waals surface area contributed by atoms with Gasteiger partial charge in [-0.05, 0) is 119 Å². The lowest BCUT2D eigenvalue weighted by molar-refractivity contribution is 0.0934. The Morgan fingerprint density at radius 3 is 1.17 bits per heavy atom. The minimum Gasteiger partial charge on any atom is -0.350 e. The maximum Gasteiger partial charge on any atom is 0.700 e. The van der Waals surface area contributed by atoms with Gasteiger partial charge in [-0.25, -0.2) is 0 Å². The molecular weight excluding hydrogens is 673 g/mol. The second-order valence-electron chi connectivity index (χ2n) is 14.0. The van der Waals surface area contributed by atoms with E-state index in [1.54, 1.807) is 0 Å². The zero-order valence-electron chi connectivity index (χ0n) is 30.0. The number of nitrogens with zero attached hydrogens (tertiary/aromatic N) is 2. The predicted octanol–water partition coefficient (Wildman–Crippen LogP) is 7.77. The molecule has 1 heterocycles. The second-order valence-corrected chi connectivity index (χ2v) is 14.5. The van der Waals surface area contributed by atoms with Crippen molar-refractivity contribution in [2.45, 2.75) is 39.8 Å². The molecule has 0 spiro atoms. The van der Waals surface area contributed by atoms with Gasteiger partial charge in [-0.3, -0.25) is 9.59 Å². The maximum absolute atomic E-state index is 12.7. The number of hydrogen-bond acceptors (Lipinski definition) is 2. The van der Waals surface area contributed by atoms with Crippen LogP contribution >= 0.6 is 0 Å². The number of benzene rings is 7. The summed E-state index contributed by atoms with van der Waals surface area (Å²) in [6.45, 7) is 7.84. The highest BCUT2D eigenvalue weighted by Crippen LogP contribution is 2.38. The van der Waals surface area contributed by atoms with Gasteiger partial charge in [0.1, 0.15) is 0 Å². The highest BCUT2D eigenvalue weighted by molar-refractivity contribution is 7.55. The summed E-state index contributed by atoms with van der Waals surface area (Å²) in [5.74, 6) is -0.155. The summed E-state index contributed by atoms with van der Waals surface area (Å²) in [4.78, 5) is 25.3. The lowest BCUT2D eigenvalue weighted by atomic mass is 9.88. The molecule has 0 unspecified atom stereocenters. The van der Waals surface area contributed by atoms with Crippen LogP contribution in [0.5, 0.6) is 0 Å². The fourth-order valence-electron chi connectivity index (χ4n) is 7.21. The van der Waals surface area contributed by atoms with Crippen LogP contribution < -0.4 is 29.4 Å². The molecule has 2 amide bonds. The second kappa shape index (κ2) is 14.0. The SMILES string of the molecule is CC(C)NC(=O)c1ccc(-c2cccc3cccc(-c4ccc(-c5cccc6cccc(-c7ccc(C(=O)NC(C)C)cc7)c56)c5c4=[N+]=S=[N+]=5)c23)cc1.